The third-order valence-corrected chi connectivity index (χ3v) is 2.73. The number of rotatable bonds is 1. The SMILES string of the molecule is Cc1cnc(C)c(-n2cnc3ccccc32)n1. The van der Waals surface area contributed by atoms with Crippen LogP contribution in [0.15, 0.2) is 36.8 Å². The molecule has 1 aromatic carbocycles. The summed E-state index contributed by atoms with van der Waals surface area (Å²) in [5.41, 5.74) is 3.83. The Morgan fingerprint density at radius 2 is 1.88 bits per heavy atom. The van der Waals surface area contributed by atoms with Crippen molar-refractivity contribution in [1.82, 2.24) is 19.5 Å². The highest BCUT2D eigenvalue weighted by Crippen LogP contribution is 2.17. The van der Waals surface area contributed by atoms with Crippen LogP contribution >= 0.6 is 0 Å². The minimum atomic E-state index is 0.846. The highest BCUT2D eigenvalue weighted by Gasteiger charge is 2.08. The number of para-hydroxylation sites is 2. The molecule has 0 atom stereocenters. The molecule has 4 heteroatoms. The van der Waals surface area contributed by atoms with Crippen molar-refractivity contribution in [2.75, 3.05) is 0 Å². The predicted octanol–water partition coefficient (Wildman–Crippen LogP) is 2.43. The van der Waals surface area contributed by atoms with Crippen LogP contribution in [-0.2, 0) is 0 Å². The first-order valence-corrected chi connectivity index (χ1v) is 5.48. The summed E-state index contributed by atoms with van der Waals surface area (Å²) in [7, 11) is 0. The van der Waals surface area contributed by atoms with E-state index < -0.39 is 0 Å². The van der Waals surface area contributed by atoms with Gasteiger partial charge in [0, 0.05) is 6.20 Å². The highest BCUT2D eigenvalue weighted by molar-refractivity contribution is 5.76. The quantitative estimate of drug-likeness (QED) is 0.637. The number of imidazole rings is 1. The van der Waals surface area contributed by atoms with Gasteiger partial charge < -0.3 is 0 Å². The molecule has 0 radical (unpaired) electrons. The molecule has 17 heavy (non-hydrogen) atoms. The van der Waals surface area contributed by atoms with Gasteiger partial charge in [-0.25, -0.2) is 9.97 Å². The largest absolute Gasteiger partial charge is 0.281 e. The molecule has 84 valence electrons. The van der Waals surface area contributed by atoms with Crippen molar-refractivity contribution in [2.45, 2.75) is 13.8 Å². The van der Waals surface area contributed by atoms with Crippen molar-refractivity contribution < 1.29 is 0 Å². The van der Waals surface area contributed by atoms with E-state index >= 15 is 0 Å². The van der Waals surface area contributed by atoms with E-state index in [1.807, 2.05) is 42.7 Å². The summed E-state index contributed by atoms with van der Waals surface area (Å²) < 4.78 is 1.98. The van der Waals surface area contributed by atoms with Gasteiger partial charge in [0.15, 0.2) is 5.82 Å². The standard InChI is InChI=1S/C13H12N4/c1-9-7-14-10(2)13(16-9)17-8-15-11-5-3-4-6-12(11)17/h3-8H,1-2H3. The van der Waals surface area contributed by atoms with Crippen molar-refractivity contribution in [3.63, 3.8) is 0 Å². The lowest BCUT2D eigenvalue weighted by Crippen LogP contribution is -2.02. The first-order chi connectivity index (χ1) is 8.25. The molecular formula is C13H12N4. The fourth-order valence-electron chi connectivity index (χ4n) is 1.88. The lowest BCUT2D eigenvalue weighted by molar-refractivity contribution is 0.939. The van der Waals surface area contributed by atoms with Crippen LogP contribution in [0.1, 0.15) is 11.4 Å². The van der Waals surface area contributed by atoms with E-state index in [4.69, 9.17) is 0 Å². The van der Waals surface area contributed by atoms with Gasteiger partial charge in [0.25, 0.3) is 0 Å². The lowest BCUT2D eigenvalue weighted by atomic mass is 10.3. The van der Waals surface area contributed by atoms with Crippen molar-refractivity contribution in [3.8, 4) is 5.82 Å². The first kappa shape index (κ1) is 9.96. The van der Waals surface area contributed by atoms with Gasteiger partial charge >= 0.3 is 0 Å². The third-order valence-electron chi connectivity index (χ3n) is 2.73. The molecule has 0 aliphatic heterocycles. The molecule has 0 saturated carbocycles. The van der Waals surface area contributed by atoms with Crippen molar-refractivity contribution in [3.05, 3.63) is 48.2 Å². The Morgan fingerprint density at radius 3 is 2.76 bits per heavy atom. The van der Waals surface area contributed by atoms with E-state index in [1.165, 1.54) is 0 Å². The predicted molar refractivity (Wildman–Crippen MR) is 66.1 cm³/mol. The van der Waals surface area contributed by atoms with Gasteiger partial charge in [-0.1, -0.05) is 12.1 Å². The van der Waals surface area contributed by atoms with Gasteiger partial charge in [-0.3, -0.25) is 9.55 Å². The molecule has 4 nitrogen and oxygen atoms in total. The molecule has 0 spiro atoms. The van der Waals surface area contributed by atoms with Crippen LogP contribution in [0.5, 0.6) is 0 Å². The number of benzene rings is 1. The summed E-state index contributed by atoms with van der Waals surface area (Å²) in [5, 5.41) is 0. The minimum absolute atomic E-state index is 0.846. The van der Waals surface area contributed by atoms with Gasteiger partial charge in [-0.05, 0) is 26.0 Å². The Labute approximate surface area is 99.0 Å². The molecule has 0 aliphatic carbocycles. The molecule has 0 fully saturated rings. The zero-order valence-electron chi connectivity index (χ0n) is 9.75. The number of fused-ring (bicyclic) bond motifs is 1. The topological polar surface area (TPSA) is 43.6 Å². The molecule has 0 amide bonds. The Bertz CT molecular complexity index is 685. The van der Waals surface area contributed by atoms with Crippen LogP contribution in [0.4, 0.5) is 0 Å². The molecule has 0 bridgehead atoms. The molecule has 2 heterocycles. The monoisotopic (exact) mass is 224 g/mol. The van der Waals surface area contributed by atoms with E-state index in [1.54, 1.807) is 12.5 Å². The molecule has 2 aromatic heterocycles. The Balaban J connectivity index is 2.31. The average Bonchev–Trinajstić information content (AvgIpc) is 2.76. The summed E-state index contributed by atoms with van der Waals surface area (Å²) in [6.07, 6.45) is 3.57. The van der Waals surface area contributed by atoms with Crippen LogP contribution in [-0.4, -0.2) is 19.5 Å². The zero-order valence-corrected chi connectivity index (χ0v) is 9.75. The normalized spacial score (nSPS) is 10.9. The summed E-state index contributed by atoms with van der Waals surface area (Å²) in [4.78, 5) is 13.2. The van der Waals surface area contributed by atoms with Gasteiger partial charge in [0.2, 0.25) is 0 Å². The number of aryl methyl sites for hydroxylation is 2. The van der Waals surface area contributed by atoms with E-state index in [-0.39, 0.29) is 0 Å². The number of aromatic nitrogens is 4. The summed E-state index contributed by atoms with van der Waals surface area (Å²) in [6.45, 7) is 3.89. The van der Waals surface area contributed by atoms with Crippen molar-refractivity contribution >= 4 is 11.0 Å². The van der Waals surface area contributed by atoms with Crippen molar-refractivity contribution in [1.29, 1.82) is 0 Å². The van der Waals surface area contributed by atoms with E-state index in [0.717, 1.165) is 28.2 Å². The molecule has 0 unspecified atom stereocenters. The van der Waals surface area contributed by atoms with Crippen LogP contribution in [0.3, 0.4) is 0 Å². The highest BCUT2D eigenvalue weighted by atomic mass is 15.1. The average molecular weight is 224 g/mol. The fourth-order valence-corrected chi connectivity index (χ4v) is 1.88. The maximum Gasteiger partial charge on any atom is 0.160 e. The van der Waals surface area contributed by atoms with E-state index in [9.17, 15) is 0 Å². The lowest BCUT2D eigenvalue weighted by Gasteiger charge is -2.06. The molecule has 3 aromatic rings. The maximum atomic E-state index is 4.53. The zero-order chi connectivity index (χ0) is 11.8. The van der Waals surface area contributed by atoms with Gasteiger partial charge in [0.05, 0.1) is 22.4 Å². The van der Waals surface area contributed by atoms with Gasteiger partial charge in [0.1, 0.15) is 6.33 Å². The Kier molecular flexibility index (Phi) is 2.14. The summed E-state index contributed by atoms with van der Waals surface area (Å²) in [5.74, 6) is 0.846. The number of nitrogens with zero attached hydrogens (tertiary/aromatic N) is 4. The minimum Gasteiger partial charge on any atom is -0.281 e. The number of hydrogen-bond donors (Lipinski definition) is 0. The second kappa shape index (κ2) is 3.66. The van der Waals surface area contributed by atoms with Crippen molar-refractivity contribution in [2.24, 2.45) is 0 Å². The van der Waals surface area contributed by atoms with Gasteiger partial charge in [-0.2, -0.15) is 0 Å². The molecule has 0 N–H and O–H groups in total. The summed E-state index contributed by atoms with van der Waals surface area (Å²) >= 11 is 0. The maximum absolute atomic E-state index is 4.53. The fraction of sp³-hybridized carbons (Fsp3) is 0.154. The van der Waals surface area contributed by atoms with Crippen LogP contribution in [0.2, 0.25) is 0 Å². The number of hydrogen-bond acceptors (Lipinski definition) is 3. The second-order valence-corrected chi connectivity index (χ2v) is 4.02. The van der Waals surface area contributed by atoms with Gasteiger partial charge in [-0.15, -0.1) is 0 Å². The van der Waals surface area contributed by atoms with Crippen LogP contribution in [0.25, 0.3) is 16.9 Å². The van der Waals surface area contributed by atoms with Crippen LogP contribution < -0.4 is 0 Å². The van der Waals surface area contributed by atoms with E-state index in [0.29, 0.717) is 0 Å². The third kappa shape index (κ3) is 1.58. The Hall–Kier alpha value is -2.23. The second-order valence-electron chi connectivity index (χ2n) is 4.02. The smallest absolute Gasteiger partial charge is 0.160 e. The first-order valence-electron chi connectivity index (χ1n) is 5.48. The Morgan fingerprint density at radius 1 is 1.06 bits per heavy atom. The summed E-state index contributed by atoms with van der Waals surface area (Å²) in [6, 6.07) is 8.00. The molecule has 0 aliphatic rings. The molecule has 3 rings (SSSR count). The van der Waals surface area contributed by atoms with Crippen LogP contribution in [0, 0.1) is 13.8 Å². The molecule has 0 saturated heterocycles. The van der Waals surface area contributed by atoms with E-state index in [2.05, 4.69) is 15.0 Å². The molecular weight excluding hydrogens is 212 g/mol.